The first-order chi connectivity index (χ1) is 9.29. The highest BCUT2D eigenvalue weighted by atomic mass is 16.3. The summed E-state index contributed by atoms with van der Waals surface area (Å²) in [5.41, 5.74) is 0. The quantitative estimate of drug-likeness (QED) is 0.800. The van der Waals surface area contributed by atoms with Crippen LogP contribution in [0.1, 0.15) is 31.9 Å². The van der Waals surface area contributed by atoms with Crippen LogP contribution in [0.3, 0.4) is 0 Å². The van der Waals surface area contributed by atoms with Crippen LogP contribution in [0.5, 0.6) is 0 Å². The maximum absolute atomic E-state index is 12.2. The predicted octanol–water partition coefficient (Wildman–Crippen LogP) is 2.28. The molecule has 0 radical (unpaired) electrons. The van der Waals surface area contributed by atoms with Crippen LogP contribution in [0.25, 0.3) is 6.08 Å². The summed E-state index contributed by atoms with van der Waals surface area (Å²) in [5.74, 6) is 0.774. The van der Waals surface area contributed by atoms with E-state index in [1.165, 1.54) is 6.42 Å². The van der Waals surface area contributed by atoms with Crippen molar-refractivity contribution in [2.45, 2.75) is 32.2 Å². The number of hydrogen-bond acceptors (Lipinski definition) is 3. The van der Waals surface area contributed by atoms with Gasteiger partial charge in [-0.2, -0.15) is 0 Å². The van der Waals surface area contributed by atoms with Crippen LogP contribution in [-0.4, -0.2) is 36.5 Å². The monoisotopic (exact) mass is 262 g/mol. The fourth-order valence-corrected chi connectivity index (χ4v) is 2.38. The lowest BCUT2D eigenvalue weighted by atomic mass is 10.2. The lowest BCUT2D eigenvalue weighted by molar-refractivity contribution is -0.126. The zero-order valence-electron chi connectivity index (χ0n) is 11.5. The molecule has 4 nitrogen and oxygen atoms in total. The molecule has 1 atom stereocenters. The summed E-state index contributed by atoms with van der Waals surface area (Å²) in [6, 6.07) is 4.11. The number of nitrogens with one attached hydrogen (secondary N) is 1. The van der Waals surface area contributed by atoms with Gasteiger partial charge in [-0.3, -0.25) is 4.79 Å². The van der Waals surface area contributed by atoms with Gasteiger partial charge < -0.3 is 14.6 Å². The first-order valence-corrected chi connectivity index (χ1v) is 7.03. The minimum absolute atomic E-state index is 0.0620. The van der Waals surface area contributed by atoms with Gasteiger partial charge in [0.15, 0.2) is 0 Å². The molecule has 1 saturated heterocycles. The number of amides is 1. The zero-order valence-corrected chi connectivity index (χ0v) is 11.5. The van der Waals surface area contributed by atoms with E-state index in [0.717, 1.165) is 32.5 Å². The first kappa shape index (κ1) is 13.9. The Morgan fingerprint density at radius 3 is 3.16 bits per heavy atom. The maximum atomic E-state index is 12.2. The third kappa shape index (κ3) is 4.24. The second-order valence-electron chi connectivity index (χ2n) is 4.93. The average Bonchev–Trinajstić information content (AvgIpc) is 3.08. The zero-order chi connectivity index (χ0) is 13.5. The van der Waals surface area contributed by atoms with Gasteiger partial charge in [0.1, 0.15) is 5.76 Å². The van der Waals surface area contributed by atoms with Gasteiger partial charge in [-0.05, 0) is 44.0 Å². The fraction of sp³-hybridized carbons (Fsp3) is 0.533. The van der Waals surface area contributed by atoms with Gasteiger partial charge >= 0.3 is 0 Å². The Morgan fingerprint density at radius 2 is 2.53 bits per heavy atom. The number of nitrogens with zero attached hydrogens (tertiary/aromatic N) is 1. The number of hydrogen-bond donors (Lipinski definition) is 1. The van der Waals surface area contributed by atoms with Crippen LogP contribution in [0, 0.1) is 0 Å². The van der Waals surface area contributed by atoms with E-state index in [1.54, 1.807) is 18.4 Å². The Hall–Kier alpha value is -1.55. The SMILES string of the molecule is CCCN(CC1CCCN1)C(=O)/C=C/c1ccco1. The minimum Gasteiger partial charge on any atom is -0.465 e. The standard InChI is InChI=1S/C15H22N2O2/c1-2-10-17(12-13-5-3-9-16-13)15(18)8-7-14-6-4-11-19-14/h4,6-8,11,13,16H,2-3,5,9-10,12H2,1H3/b8-7+. The minimum atomic E-state index is 0.0620. The second kappa shape index (κ2) is 7.14. The van der Waals surface area contributed by atoms with Crippen molar-refractivity contribution >= 4 is 12.0 Å². The summed E-state index contributed by atoms with van der Waals surface area (Å²) in [5, 5.41) is 3.43. The molecule has 0 aromatic carbocycles. The van der Waals surface area contributed by atoms with E-state index in [4.69, 9.17) is 4.42 Å². The Labute approximate surface area is 114 Å². The lowest BCUT2D eigenvalue weighted by Crippen LogP contribution is -2.40. The molecule has 0 spiro atoms. The second-order valence-corrected chi connectivity index (χ2v) is 4.93. The predicted molar refractivity (Wildman–Crippen MR) is 75.6 cm³/mol. The van der Waals surface area contributed by atoms with Gasteiger partial charge in [0.2, 0.25) is 5.91 Å². The van der Waals surface area contributed by atoms with E-state index in [9.17, 15) is 4.79 Å². The lowest BCUT2D eigenvalue weighted by Gasteiger charge is -2.24. The first-order valence-electron chi connectivity index (χ1n) is 7.03. The topological polar surface area (TPSA) is 45.5 Å². The van der Waals surface area contributed by atoms with E-state index >= 15 is 0 Å². The third-order valence-corrected chi connectivity index (χ3v) is 3.34. The smallest absolute Gasteiger partial charge is 0.246 e. The van der Waals surface area contributed by atoms with Crippen molar-refractivity contribution in [1.82, 2.24) is 10.2 Å². The van der Waals surface area contributed by atoms with Crippen LogP contribution >= 0.6 is 0 Å². The van der Waals surface area contributed by atoms with E-state index in [0.29, 0.717) is 11.8 Å². The maximum Gasteiger partial charge on any atom is 0.246 e. The number of rotatable bonds is 6. The molecule has 1 unspecified atom stereocenters. The van der Waals surface area contributed by atoms with Gasteiger partial charge in [0.25, 0.3) is 0 Å². The number of carbonyl (C=O) groups excluding carboxylic acids is 1. The van der Waals surface area contributed by atoms with Crippen LogP contribution in [0.2, 0.25) is 0 Å². The molecule has 1 amide bonds. The third-order valence-electron chi connectivity index (χ3n) is 3.34. The van der Waals surface area contributed by atoms with Gasteiger partial charge in [0.05, 0.1) is 6.26 Å². The molecule has 0 saturated carbocycles. The van der Waals surface area contributed by atoms with Crippen molar-refractivity contribution in [3.05, 3.63) is 30.2 Å². The molecule has 1 N–H and O–H groups in total. The highest BCUT2D eigenvalue weighted by Crippen LogP contribution is 2.09. The molecule has 1 aromatic rings. The Kier molecular flexibility index (Phi) is 5.21. The van der Waals surface area contributed by atoms with Gasteiger partial charge in [-0.25, -0.2) is 0 Å². The molecule has 2 rings (SSSR count). The van der Waals surface area contributed by atoms with Crippen molar-refractivity contribution < 1.29 is 9.21 Å². The van der Waals surface area contributed by atoms with Gasteiger partial charge in [-0.1, -0.05) is 6.92 Å². The van der Waals surface area contributed by atoms with E-state index in [1.807, 2.05) is 17.0 Å². The van der Waals surface area contributed by atoms with Crippen LogP contribution in [0.15, 0.2) is 28.9 Å². The van der Waals surface area contributed by atoms with Crippen LogP contribution in [0.4, 0.5) is 0 Å². The molecule has 1 aliphatic rings. The van der Waals surface area contributed by atoms with Crippen molar-refractivity contribution in [2.24, 2.45) is 0 Å². The van der Waals surface area contributed by atoms with Crippen LogP contribution < -0.4 is 5.32 Å². The molecular weight excluding hydrogens is 240 g/mol. The molecule has 4 heteroatoms. The van der Waals surface area contributed by atoms with E-state index in [2.05, 4.69) is 12.2 Å². The van der Waals surface area contributed by atoms with E-state index < -0.39 is 0 Å². The Morgan fingerprint density at radius 1 is 1.63 bits per heavy atom. The molecule has 1 aromatic heterocycles. The van der Waals surface area contributed by atoms with Crippen molar-refractivity contribution in [3.8, 4) is 0 Å². The Bertz CT molecular complexity index is 406. The van der Waals surface area contributed by atoms with Gasteiger partial charge in [0, 0.05) is 25.2 Å². The molecule has 104 valence electrons. The van der Waals surface area contributed by atoms with E-state index in [-0.39, 0.29) is 5.91 Å². The summed E-state index contributed by atoms with van der Waals surface area (Å²) in [4.78, 5) is 14.1. The number of carbonyl (C=O) groups is 1. The molecule has 0 bridgehead atoms. The molecule has 0 aliphatic carbocycles. The van der Waals surface area contributed by atoms with Gasteiger partial charge in [-0.15, -0.1) is 0 Å². The summed E-state index contributed by atoms with van der Waals surface area (Å²) in [6.07, 6.45) is 8.29. The normalized spacial score (nSPS) is 19.1. The highest BCUT2D eigenvalue weighted by Gasteiger charge is 2.19. The molecule has 19 heavy (non-hydrogen) atoms. The molecule has 1 aliphatic heterocycles. The highest BCUT2D eigenvalue weighted by molar-refractivity contribution is 5.91. The molecule has 1 fully saturated rings. The summed E-state index contributed by atoms with van der Waals surface area (Å²) in [7, 11) is 0. The average molecular weight is 262 g/mol. The Balaban J connectivity index is 1.91. The molecular formula is C15H22N2O2. The molecule has 2 heterocycles. The number of furan rings is 1. The van der Waals surface area contributed by atoms with Crippen molar-refractivity contribution in [1.29, 1.82) is 0 Å². The fourth-order valence-electron chi connectivity index (χ4n) is 2.38. The summed E-state index contributed by atoms with van der Waals surface area (Å²) >= 11 is 0. The largest absolute Gasteiger partial charge is 0.465 e. The van der Waals surface area contributed by atoms with Crippen molar-refractivity contribution in [3.63, 3.8) is 0 Å². The van der Waals surface area contributed by atoms with Crippen LogP contribution in [-0.2, 0) is 4.79 Å². The summed E-state index contributed by atoms with van der Waals surface area (Å²) < 4.78 is 5.19. The summed E-state index contributed by atoms with van der Waals surface area (Å²) in [6.45, 7) is 4.77. The van der Waals surface area contributed by atoms with Crippen molar-refractivity contribution in [2.75, 3.05) is 19.6 Å².